The van der Waals surface area contributed by atoms with Crippen LogP contribution in [0.5, 0.6) is 0 Å². The normalized spacial score (nSPS) is 14.6. The fraction of sp³-hybridized carbons (Fsp3) is 0.348. The van der Waals surface area contributed by atoms with E-state index >= 15 is 0 Å². The van der Waals surface area contributed by atoms with Crippen LogP contribution < -0.4 is 20.4 Å². The third-order valence-electron chi connectivity index (χ3n) is 5.47. The SMILES string of the molecule is CC[NH+](CC(=O)Nc1ccc(NC(C)=O)cc1)[C@H](C)C(=O)N1CCc2ccccc21. The molecule has 0 aliphatic carbocycles. The summed E-state index contributed by atoms with van der Waals surface area (Å²) in [4.78, 5) is 39.5. The van der Waals surface area contributed by atoms with Crippen molar-refractivity contribution in [3.05, 3.63) is 54.1 Å². The Kier molecular flexibility index (Phi) is 6.84. The summed E-state index contributed by atoms with van der Waals surface area (Å²) in [6, 6.07) is 14.6. The van der Waals surface area contributed by atoms with Crippen LogP contribution in [0.4, 0.5) is 17.1 Å². The molecular formula is C23H29N4O3+. The molecule has 0 bridgehead atoms. The van der Waals surface area contributed by atoms with E-state index in [0.29, 0.717) is 24.5 Å². The monoisotopic (exact) mass is 409 g/mol. The molecule has 2 aromatic carbocycles. The van der Waals surface area contributed by atoms with Crippen LogP contribution in [-0.2, 0) is 20.8 Å². The Morgan fingerprint density at radius 3 is 2.30 bits per heavy atom. The first kappa shape index (κ1) is 21.5. The summed E-state index contributed by atoms with van der Waals surface area (Å²) in [5, 5.41) is 5.56. The molecular weight excluding hydrogens is 380 g/mol. The molecule has 0 fully saturated rings. The van der Waals surface area contributed by atoms with Crippen LogP contribution in [0.15, 0.2) is 48.5 Å². The molecule has 7 nitrogen and oxygen atoms in total. The van der Waals surface area contributed by atoms with Crippen LogP contribution in [0.2, 0.25) is 0 Å². The highest BCUT2D eigenvalue weighted by Crippen LogP contribution is 2.27. The van der Waals surface area contributed by atoms with Crippen molar-refractivity contribution in [2.24, 2.45) is 0 Å². The quantitative estimate of drug-likeness (QED) is 0.648. The van der Waals surface area contributed by atoms with Gasteiger partial charge in [0.05, 0.1) is 6.54 Å². The predicted octanol–water partition coefficient (Wildman–Crippen LogP) is 1.47. The number of nitrogens with zero attached hydrogens (tertiary/aromatic N) is 1. The maximum Gasteiger partial charge on any atom is 0.285 e. The van der Waals surface area contributed by atoms with Gasteiger partial charge in [-0.1, -0.05) is 18.2 Å². The van der Waals surface area contributed by atoms with Crippen molar-refractivity contribution in [1.82, 2.24) is 0 Å². The Morgan fingerprint density at radius 1 is 1.03 bits per heavy atom. The second kappa shape index (κ2) is 9.54. The third kappa shape index (κ3) is 5.04. The van der Waals surface area contributed by atoms with Gasteiger partial charge in [-0.2, -0.15) is 0 Å². The maximum atomic E-state index is 13.1. The van der Waals surface area contributed by atoms with E-state index in [2.05, 4.69) is 16.7 Å². The first-order valence-electron chi connectivity index (χ1n) is 10.3. The van der Waals surface area contributed by atoms with Gasteiger partial charge in [0.25, 0.3) is 11.8 Å². The molecule has 7 heteroatoms. The first-order chi connectivity index (χ1) is 14.4. The van der Waals surface area contributed by atoms with Crippen LogP contribution in [0, 0.1) is 0 Å². The topological polar surface area (TPSA) is 83.0 Å². The van der Waals surface area contributed by atoms with Crippen molar-refractivity contribution in [3.8, 4) is 0 Å². The fourth-order valence-corrected chi connectivity index (χ4v) is 3.81. The van der Waals surface area contributed by atoms with E-state index in [0.717, 1.165) is 17.0 Å². The number of para-hydroxylation sites is 1. The molecule has 30 heavy (non-hydrogen) atoms. The molecule has 0 spiro atoms. The molecule has 0 radical (unpaired) electrons. The van der Waals surface area contributed by atoms with E-state index in [1.54, 1.807) is 24.3 Å². The van der Waals surface area contributed by atoms with Gasteiger partial charge >= 0.3 is 0 Å². The van der Waals surface area contributed by atoms with Crippen molar-refractivity contribution < 1.29 is 19.3 Å². The average molecular weight is 410 g/mol. The predicted molar refractivity (Wildman–Crippen MR) is 118 cm³/mol. The van der Waals surface area contributed by atoms with Crippen LogP contribution in [0.1, 0.15) is 26.3 Å². The zero-order valence-electron chi connectivity index (χ0n) is 17.7. The van der Waals surface area contributed by atoms with Crippen LogP contribution in [0.25, 0.3) is 0 Å². The highest BCUT2D eigenvalue weighted by atomic mass is 16.2. The Bertz CT molecular complexity index is 926. The second-order valence-corrected chi connectivity index (χ2v) is 7.59. The van der Waals surface area contributed by atoms with Crippen molar-refractivity contribution in [2.45, 2.75) is 33.2 Å². The number of benzene rings is 2. The molecule has 2 atom stereocenters. The van der Waals surface area contributed by atoms with E-state index in [1.165, 1.54) is 12.5 Å². The molecule has 3 rings (SSSR count). The Labute approximate surface area is 177 Å². The molecule has 158 valence electrons. The highest BCUT2D eigenvalue weighted by Gasteiger charge is 2.33. The zero-order chi connectivity index (χ0) is 21.7. The van der Waals surface area contributed by atoms with Gasteiger partial charge < -0.3 is 20.4 Å². The molecule has 1 unspecified atom stereocenters. The van der Waals surface area contributed by atoms with Crippen LogP contribution in [-0.4, -0.2) is 43.4 Å². The lowest BCUT2D eigenvalue weighted by Crippen LogP contribution is -3.17. The lowest BCUT2D eigenvalue weighted by atomic mass is 10.1. The van der Waals surface area contributed by atoms with E-state index in [4.69, 9.17) is 0 Å². The lowest BCUT2D eigenvalue weighted by molar-refractivity contribution is -0.904. The molecule has 0 saturated heterocycles. The van der Waals surface area contributed by atoms with Crippen molar-refractivity contribution in [2.75, 3.05) is 35.2 Å². The van der Waals surface area contributed by atoms with Gasteiger partial charge in [-0.05, 0) is 56.2 Å². The number of rotatable bonds is 7. The molecule has 1 aliphatic heterocycles. The minimum absolute atomic E-state index is 0.0456. The lowest BCUT2D eigenvalue weighted by Gasteiger charge is -2.27. The molecule has 3 amide bonds. The second-order valence-electron chi connectivity index (χ2n) is 7.59. The van der Waals surface area contributed by atoms with Crippen molar-refractivity contribution in [3.63, 3.8) is 0 Å². The van der Waals surface area contributed by atoms with E-state index in [9.17, 15) is 14.4 Å². The molecule has 2 aromatic rings. The minimum atomic E-state index is -0.325. The average Bonchev–Trinajstić information content (AvgIpc) is 3.16. The van der Waals surface area contributed by atoms with Gasteiger partial charge in [0, 0.05) is 30.5 Å². The van der Waals surface area contributed by atoms with Crippen LogP contribution in [0.3, 0.4) is 0 Å². The number of likely N-dealkylation sites (N-methyl/N-ethyl adjacent to an activating group) is 1. The Hall–Kier alpha value is -3.19. The Balaban J connectivity index is 1.59. The van der Waals surface area contributed by atoms with Crippen LogP contribution >= 0.6 is 0 Å². The number of carbonyl (C=O) groups excluding carboxylic acids is 3. The van der Waals surface area contributed by atoms with E-state index in [1.807, 2.05) is 36.9 Å². The number of hydrogen-bond donors (Lipinski definition) is 3. The van der Waals surface area contributed by atoms with Gasteiger partial charge in [0.2, 0.25) is 5.91 Å². The molecule has 3 N–H and O–H groups in total. The molecule has 0 aromatic heterocycles. The van der Waals surface area contributed by atoms with Gasteiger partial charge in [-0.25, -0.2) is 0 Å². The van der Waals surface area contributed by atoms with Crippen molar-refractivity contribution in [1.29, 1.82) is 0 Å². The molecule has 1 aliphatic rings. The Morgan fingerprint density at radius 2 is 1.67 bits per heavy atom. The zero-order valence-corrected chi connectivity index (χ0v) is 17.7. The standard InChI is InChI=1S/C23H28N4O3/c1-4-26(15-22(29)25-20-11-9-19(10-12-20)24-17(3)28)16(2)23(30)27-14-13-18-7-5-6-8-21(18)27/h5-12,16H,4,13-15H2,1-3H3,(H,24,28)(H,25,29)/p+1/t16-/m1/s1. The minimum Gasteiger partial charge on any atom is -0.326 e. The summed E-state index contributed by atoms with van der Waals surface area (Å²) in [6.45, 7) is 6.86. The third-order valence-corrected chi connectivity index (χ3v) is 5.47. The van der Waals surface area contributed by atoms with Gasteiger partial charge in [0.15, 0.2) is 12.6 Å². The number of anilines is 3. The summed E-state index contributed by atoms with van der Waals surface area (Å²) in [5.74, 6) is -0.252. The summed E-state index contributed by atoms with van der Waals surface area (Å²) in [7, 11) is 0. The number of fused-ring (bicyclic) bond motifs is 1. The van der Waals surface area contributed by atoms with Gasteiger partial charge in [0.1, 0.15) is 0 Å². The number of amides is 3. The number of hydrogen-bond acceptors (Lipinski definition) is 3. The summed E-state index contributed by atoms with van der Waals surface area (Å²) < 4.78 is 0. The summed E-state index contributed by atoms with van der Waals surface area (Å²) in [5.41, 5.74) is 3.49. The van der Waals surface area contributed by atoms with E-state index in [-0.39, 0.29) is 30.3 Å². The number of carbonyl (C=O) groups is 3. The molecule has 1 heterocycles. The smallest absolute Gasteiger partial charge is 0.285 e. The number of nitrogens with one attached hydrogen (secondary N) is 3. The van der Waals surface area contributed by atoms with E-state index < -0.39 is 0 Å². The summed E-state index contributed by atoms with van der Waals surface area (Å²) >= 11 is 0. The summed E-state index contributed by atoms with van der Waals surface area (Å²) in [6.07, 6.45) is 0.866. The maximum absolute atomic E-state index is 13.1. The van der Waals surface area contributed by atoms with Gasteiger partial charge in [-0.15, -0.1) is 0 Å². The largest absolute Gasteiger partial charge is 0.326 e. The first-order valence-corrected chi connectivity index (χ1v) is 10.3. The highest BCUT2D eigenvalue weighted by molar-refractivity contribution is 5.98. The fourth-order valence-electron chi connectivity index (χ4n) is 3.81. The van der Waals surface area contributed by atoms with Gasteiger partial charge in [-0.3, -0.25) is 14.4 Å². The number of quaternary nitrogens is 1. The van der Waals surface area contributed by atoms with Crippen molar-refractivity contribution >= 4 is 34.8 Å². The molecule has 0 saturated carbocycles.